The van der Waals surface area contributed by atoms with E-state index in [1.165, 1.54) is 58.0 Å². The zero-order chi connectivity index (χ0) is 10.1. The van der Waals surface area contributed by atoms with E-state index in [2.05, 4.69) is 10.6 Å². The van der Waals surface area contributed by atoms with Crippen molar-refractivity contribution in [3.8, 4) is 0 Å². The molecule has 2 N–H and O–H groups in total. The van der Waals surface area contributed by atoms with Crippen molar-refractivity contribution in [1.29, 1.82) is 0 Å². The van der Waals surface area contributed by atoms with Gasteiger partial charge in [-0.2, -0.15) is 0 Å². The van der Waals surface area contributed by atoms with Crippen molar-refractivity contribution >= 4 is 0 Å². The molecule has 0 spiro atoms. The van der Waals surface area contributed by atoms with Crippen LogP contribution in [0.1, 0.15) is 44.9 Å². The fraction of sp³-hybridized carbons (Fsp3) is 1.00. The van der Waals surface area contributed by atoms with Gasteiger partial charge in [-0.05, 0) is 50.5 Å². The summed E-state index contributed by atoms with van der Waals surface area (Å²) >= 11 is 0. The van der Waals surface area contributed by atoms with Crippen LogP contribution in [0.3, 0.4) is 0 Å². The predicted octanol–water partition coefficient (Wildman–Crippen LogP) is 1.91. The molecule has 2 nitrogen and oxygen atoms in total. The summed E-state index contributed by atoms with van der Waals surface area (Å²) in [5, 5.41) is 7.48. The lowest BCUT2D eigenvalue weighted by molar-refractivity contribution is 0.309. The maximum absolute atomic E-state index is 3.93. The molecule has 0 aromatic heterocycles. The van der Waals surface area contributed by atoms with E-state index >= 15 is 0 Å². The summed E-state index contributed by atoms with van der Waals surface area (Å²) in [4.78, 5) is 0. The Morgan fingerprint density at radius 3 is 2.80 bits per heavy atom. The number of fused-ring (bicyclic) bond motifs is 2. The second-order valence-corrected chi connectivity index (χ2v) is 5.84. The molecule has 3 aliphatic rings. The summed E-state index contributed by atoms with van der Waals surface area (Å²) in [7, 11) is 0. The van der Waals surface area contributed by atoms with Gasteiger partial charge in [-0.3, -0.25) is 0 Å². The van der Waals surface area contributed by atoms with Gasteiger partial charge in [0.05, 0.1) is 0 Å². The molecule has 2 aliphatic carbocycles. The standard InChI is InChI=1S/C13H24N2/c1-2-6-14-9-12(3-1)15-13-8-10-4-5-11(13)7-10/h10-15H,1-9H2. The summed E-state index contributed by atoms with van der Waals surface area (Å²) in [5.41, 5.74) is 0. The van der Waals surface area contributed by atoms with Crippen LogP contribution >= 0.6 is 0 Å². The first kappa shape index (κ1) is 10.1. The Kier molecular flexibility index (Phi) is 2.98. The van der Waals surface area contributed by atoms with Crippen molar-refractivity contribution in [2.45, 2.75) is 57.0 Å². The largest absolute Gasteiger partial charge is 0.315 e. The van der Waals surface area contributed by atoms with E-state index in [-0.39, 0.29) is 0 Å². The first-order chi connectivity index (χ1) is 7.42. The summed E-state index contributed by atoms with van der Waals surface area (Å²) < 4.78 is 0. The lowest BCUT2D eigenvalue weighted by atomic mass is 9.94. The minimum absolute atomic E-state index is 0.761. The maximum atomic E-state index is 3.93. The summed E-state index contributed by atoms with van der Waals surface area (Å²) in [6.07, 6.45) is 10.2. The van der Waals surface area contributed by atoms with E-state index in [9.17, 15) is 0 Å². The van der Waals surface area contributed by atoms with Gasteiger partial charge in [0.15, 0.2) is 0 Å². The van der Waals surface area contributed by atoms with E-state index in [1.54, 1.807) is 0 Å². The Balaban J connectivity index is 1.51. The van der Waals surface area contributed by atoms with Gasteiger partial charge in [0.2, 0.25) is 0 Å². The Morgan fingerprint density at radius 2 is 2.00 bits per heavy atom. The Labute approximate surface area is 93.2 Å². The molecule has 2 heteroatoms. The van der Waals surface area contributed by atoms with E-state index in [0.717, 1.165) is 23.9 Å². The molecule has 2 saturated carbocycles. The van der Waals surface area contributed by atoms with Crippen LogP contribution in [0.4, 0.5) is 0 Å². The normalized spacial score (nSPS) is 45.6. The molecule has 1 aliphatic heterocycles. The molecular weight excluding hydrogens is 184 g/mol. The van der Waals surface area contributed by atoms with E-state index in [1.807, 2.05) is 0 Å². The average molecular weight is 208 g/mol. The topological polar surface area (TPSA) is 24.1 Å². The van der Waals surface area contributed by atoms with Crippen molar-refractivity contribution in [3.63, 3.8) is 0 Å². The zero-order valence-electron chi connectivity index (χ0n) is 9.67. The monoisotopic (exact) mass is 208 g/mol. The second kappa shape index (κ2) is 4.42. The molecule has 0 radical (unpaired) electrons. The predicted molar refractivity (Wildman–Crippen MR) is 62.9 cm³/mol. The Bertz CT molecular complexity index is 209. The quantitative estimate of drug-likeness (QED) is 0.724. The van der Waals surface area contributed by atoms with Crippen LogP contribution in [0, 0.1) is 11.8 Å². The summed E-state index contributed by atoms with van der Waals surface area (Å²) in [5.74, 6) is 2.10. The Morgan fingerprint density at radius 1 is 1.00 bits per heavy atom. The van der Waals surface area contributed by atoms with Gasteiger partial charge in [-0.25, -0.2) is 0 Å². The number of hydrogen-bond donors (Lipinski definition) is 2. The van der Waals surface area contributed by atoms with Crippen LogP contribution in [0.15, 0.2) is 0 Å². The molecule has 2 bridgehead atoms. The molecule has 0 amide bonds. The second-order valence-electron chi connectivity index (χ2n) is 5.84. The van der Waals surface area contributed by atoms with Gasteiger partial charge in [-0.1, -0.05) is 12.8 Å². The highest BCUT2D eigenvalue weighted by atomic mass is 15.0. The van der Waals surface area contributed by atoms with E-state index in [0.29, 0.717) is 0 Å². The van der Waals surface area contributed by atoms with E-state index in [4.69, 9.17) is 0 Å². The fourth-order valence-electron chi connectivity index (χ4n) is 3.91. The highest BCUT2D eigenvalue weighted by molar-refractivity contribution is 4.95. The minimum Gasteiger partial charge on any atom is -0.315 e. The maximum Gasteiger partial charge on any atom is 0.0195 e. The first-order valence-electron chi connectivity index (χ1n) is 6.88. The van der Waals surface area contributed by atoms with Crippen LogP contribution in [-0.4, -0.2) is 25.2 Å². The number of rotatable bonds is 2. The Hall–Kier alpha value is -0.0800. The average Bonchev–Trinajstić information content (AvgIpc) is 2.75. The molecular formula is C13H24N2. The molecule has 4 atom stereocenters. The molecule has 0 aromatic rings. The molecule has 15 heavy (non-hydrogen) atoms. The van der Waals surface area contributed by atoms with Gasteiger partial charge in [0, 0.05) is 18.6 Å². The molecule has 3 fully saturated rings. The van der Waals surface area contributed by atoms with Crippen molar-refractivity contribution in [3.05, 3.63) is 0 Å². The van der Waals surface area contributed by atoms with Gasteiger partial charge < -0.3 is 10.6 Å². The minimum atomic E-state index is 0.761. The molecule has 0 aromatic carbocycles. The SMILES string of the molecule is C1CCC(NC2CC3CCC2C3)CNC1. The molecule has 1 heterocycles. The number of hydrogen-bond acceptors (Lipinski definition) is 2. The van der Waals surface area contributed by atoms with Gasteiger partial charge in [0.25, 0.3) is 0 Å². The third-order valence-electron chi connectivity index (χ3n) is 4.73. The van der Waals surface area contributed by atoms with Gasteiger partial charge in [0.1, 0.15) is 0 Å². The van der Waals surface area contributed by atoms with Gasteiger partial charge in [-0.15, -0.1) is 0 Å². The molecule has 1 saturated heterocycles. The van der Waals surface area contributed by atoms with Crippen molar-refractivity contribution in [2.24, 2.45) is 11.8 Å². The molecule has 4 unspecified atom stereocenters. The van der Waals surface area contributed by atoms with Crippen molar-refractivity contribution < 1.29 is 0 Å². The number of nitrogens with one attached hydrogen (secondary N) is 2. The molecule has 86 valence electrons. The van der Waals surface area contributed by atoms with Crippen LogP contribution in [0.5, 0.6) is 0 Å². The first-order valence-corrected chi connectivity index (χ1v) is 6.88. The third-order valence-corrected chi connectivity index (χ3v) is 4.73. The van der Waals surface area contributed by atoms with Crippen LogP contribution in [-0.2, 0) is 0 Å². The molecule has 3 rings (SSSR count). The highest BCUT2D eigenvalue weighted by Gasteiger charge is 2.39. The lowest BCUT2D eigenvalue weighted by Gasteiger charge is -2.28. The van der Waals surface area contributed by atoms with Crippen molar-refractivity contribution in [1.82, 2.24) is 10.6 Å². The van der Waals surface area contributed by atoms with Crippen LogP contribution < -0.4 is 10.6 Å². The summed E-state index contributed by atoms with van der Waals surface area (Å²) in [6, 6.07) is 1.63. The zero-order valence-corrected chi connectivity index (χ0v) is 9.67. The highest BCUT2D eigenvalue weighted by Crippen LogP contribution is 2.44. The van der Waals surface area contributed by atoms with Crippen molar-refractivity contribution in [2.75, 3.05) is 13.1 Å². The smallest absolute Gasteiger partial charge is 0.0195 e. The van der Waals surface area contributed by atoms with Crippen LogP contribution in [0.25, 0.3) is 0 Å². The summed E-state index contributed by atoms with van der Waals surface area (Å²) in [6.45, 7) is 2.43. The fourth-order valence-corrected chi connectivity index (χ4v) is 3.91. The van der Waals surface area contributed by atoms with Crippen LogP contribution in [0.2, 0.25) is 0 Å². The third kappa shape index (κ3) is 2.21. The lowest BCUT2D eigenvalue weighted by Crippen LogP contribution is -2.45. The van der Waals surface area contributed by atoms with Gasteiger partial charge >= 0.3 is 0 Å². The van der Waals surface area contributed by atoms with E-state index < -0.39 is 0 Å².